The molecule has 0 saturated heterocycles. The number of azo groups is 1. The lowest BCUT2D eigenvalue weighted by atomic mass is 10.2. The number of sulfonamides is 1. The molecule has 124 valence electrons. The van der Waals surface area contributed by atoms with Crippen LogP contribution in [0.5, 0.6) is 0 Å². The van der Waals surface area contributed by atoms with E-state index in [1.165, 1.54) is 6.08 Å². The molecule has 9 heteroatoms. The molecule has 0 aliphatic carbocycles. The summed E-state index contributed by atoms with van der Waals surface area (Å²) in [6, 6.07) is 0. The molecule has 3 N–H and O–H groups in total. The van der Waals surface area contributed by atoms with Crippen LogP contribution in [0.4, 0.5) is 0 Å². The first-order valence-corrected chi connectivity index (χ1v) is 8.91. The Morgan fingerprint density at radius 3 is 2.41 bits per heavy atom. The fourth-order valence-electron chi connectivity index (χ4n) is 1.46. The SMILES string of the molecule is C=C(NC(=O)CCC/C(=C/C)N=NC)S/C(=C\C)S(N)(=O)=O. The van der Waals surface area contributed by atoms with Crippen LogP contribution in [0, 0.1) is 0 Å². The first kappa shape index (κ1) is 20.6. The van der Waals surface area contributed by atoms with Gasteiger partial charge >= 0.3 is 0 Å². The lowest BCUT2D eigenvalue weighted by Gasteiger charge is -2.09. The Balaban J connectivity index is 4.31. The van der Waals surface area contributed by atoms with Crippen molar-refractivity contribution in [1.82, 2.24) is 5.32 Å². The van der Waals surface area contributed by atoms with Crippen molar-refractivity contribution in [3.8, 4) is 0 Å². The number of nitrogens with two attached hydrogens (primary N) is 1. The van der Waals surface area contributed by atoms with Gasteiger partial charge in [-0.15, -0.1) is 0 Å². The summed E-state index contributed by atoms with van der Waals surface area (Å²) in [7, 11) is -2.22. The second-order valence-electron chi connectivity index (χ2n) is 4.16. The Bertz CT molecular complexity index is 592. The minimum absolute atomic E-state index is 0.0580. The predicted octanol–water partition coefficient (Wildman–Crippen LogP) is 2.61. The van der Waals surface area contributed by atoms with Gasteiger partial charge in [-0.3, -0.25) is 4.79 Å². The number of nitrogens with zero attached hydrogens (tertiary/aromatic N) is 2. The van der Waals surface area contributed by atoms with E-state index in [2.05, 4.69) is 22.1 Å². The van der Waals surface area contributed by atoms with E-state index in [1.807, 2.05) is 13.0 Å². The molecule has 0 radical (unpaired) electrons. The largest absolute Gasteiger partial charge is 0.321 e. The highest BCUT2D eigenvalue weighted by atomic mass is 32.3. The van der Waals surface area contributed by atoms with Crippen molar-refractivity contribution >= 4 is 27.7 Å². The third kappa shape index (κ3) is 8.75. The second-order valence-corrected chi connectivity index (χ2v) is 7.08. The highest BCUT2D eigenvalue weighted by Crippen LogP contribution is 2.25. The van der Waals surface area contributed by atoms with E-state index in [0.717, 1.165) is 17.5 Å². The van der Waals surface area contributed by atoms with E-state index in [-0.39, 0.29) is 21.6 Å². The molecule has 0 atom stereocenters. The van der Waals surface area contributed by atoms with Crippen molar-refractivity contribution in [3.63, 3.8) is 0 Å². The maximum Gasteiger partial charge on any atom is 0.244 e. The molecule has 1 amide bonds. The average Bonchev–Trinajstić information content (AvgIpc) is 2.42. The number of carbonyl (C=O) groups excluding carboxylic acids is 1. The maximum atomic E-state index is 11.7. The summed E-state index contributed by atoms with van der Waals surface area (Å²) >= 11 is 0.809. The van der Waals surface area contributed by atoms with Gasteiger partial charge in [0, 0.05) is 13.5 Å². The number of rotatable bonds is 9. The van der Waals surface area contributed by atoms with Gasteiger partial charge < -0.3 is 5.32 Å². The Kier molecular flexibility index (Phi) is 9.63. The summed E-state index contributed by atoms with van der Waals surface area (Å²) < 4.78 is 22.4. The molecule has 0 aromatic heterocycles. The van der Waals surface area contributed by atoms with Crippen LogP contribution < -0.4 is 10.5 Å². The zero-order valence-corrected chi connectivity index (χ0v) is 14.6. The molecule has 0 unspecified atom stereocenters. The molecule has 7 nitrogen and oxygen atoms in total. The van der Waals surface area contributed by atoms with E-state index in [4.69, 9.17) is 5.14 Å². The van der Waals surface area contributed by atoms with Gasteiger partial charge in [0.25, 0.3) is 0 Å². The van der Waals surface area contributed by atoms with Crippen molar-refractivity contribution in [2.24, 2.45) is 15.4 Å². The lowest BCUT2D eigenvalue weighted by Crippen LogP contribution is -2.21. The summed E-state index contributed by atoms with van der Waals surface area (Å²) in [6.07, 6.45) is 4.71. The minimum atomic E-state index is -3.80. The standard InChI is InChI=1S/C13H22N4O3S2/c1-5-11(17-15-4)8-7-9-12(18)16-10(3)21-13(6-2)22(14,19)20/h5-6H,3,7-9H2,1-2,4H3,(H,16,18)(H2,14,19,20)/b11-5-,13-6+,17-15?. The molecule has 0 spiro atoms. The Labute approximate surface area is 135 Å². The quantitative estimate of drug-likeness (QED) is 0.624. The normalized spacial score (nSPS) is 13.5. The first-order valence-electron chi connectivity index (χ1n) is 6.55. The van der Waals surface area contributed by atoms with Crippen LogP contribution in [0.15, 0.2) is 43.9 Å². The van der Waals surface area contributed by atoms with Crippen molar-refractivity contribution in [3.05, 3.63) is 33.7 Å². The number of allylic oxidation sites excluding steroid dienone is 3. The van der Waals surface area contributed by atoms with Crippen LogP contribution in [0.3, 0.4) is 0 Å². The number of carbonyl (C=O) groups is 1. The first-order chi connectivity index (χ1) is 10.2. The Morgan fingerprint density at radius 1 is 1.32 bits per heavy atom. The number of thioether (sulfide) groups is 1. The van der Waals surface area contributed by atoms with E-state index >= 15 is 0 Å². The molecule has 0 heterocycles. The topological polar surface area (TPSA) is 114 Å². The zero-order valence-electron chi connectivity index (χ0n) is 13.0. The van der Waals surface area contributed by atoms with Crippen LogP contribution in [-0.2, 0) is 14.8 Å². The highest BCUT2D eigenvalue weighted by molar-refractivity contribution is 8.20. The maximum absolute atomic E-state index is 11.7. The summed E-state index contributed by atoms with van der Waals surface area (Å²) in [4.78, 5) is 11.7. The number of nitrogens with one attached hydrogen (secondary N) is 1. The van der Waals surface area contributed by atoms with Crippen molar-refractivity contribution in [1.29, 1.82) is 0 Å². The van der Waals surface area contributed by atoms with Gasteiger partial charge in [-0.1, -0.05) is 30.5 Å². The molecule has 0 saturated carbocycles. The molecule has 0 bridgehead atoms. The lowest BCUT2D eigenvalue weighted by molar-refractivity contribution is -0.120. The van der Waals surface area contributed by atoms with Crippen LogP contribution in [-0.4, -0.2) is 21.4 Å². The molecule has 22 heavy (non-hydrogen) atoms. The molecule has 0 aromatic carbocycles. The van der Waals surface area contributed by atoms with E-state index in [1.54, 1.807) is 14.0 Å². The van der Waals surface area contributed by atoms with Gasteiger partial charge in [0.2, 0.25) is 15.9 Å². The van der Waals surface area contributed by atoms with Crippen LogP contribution in [0.2, 0.25) is 0 Å². The van der Waals surface area contributed by atoms with Gasteiger partial charge in [-0.25, -0.2) is 13.6 Å². The highest BCUT2D eigenvalue weighted by Gasteiger charge is 2.14. The summed E-state index contributed by atoms with van der Waals surface area (Å²) in [5, 5.41) is 15.4. The van der Waals surface area contributed by atoms with Crippen LogP contribution >= 0.6 is 11.8 Å². The smallest absolute Gasteiger partial charge is 0.244 e. The van der Waals surface area contributed by atoms with Crippen molar-refractivity contribution < 1.29 is 13.2 Å². The third-order valence-corrected chi connectivity index (χ3v) is 4.95. The summed E-state index contributed by atoms with van der Waals surface area (Å²) in [6.45, 7) is 7.01. The minimum Gasteiger partial charge on any atom is -0.321 e. The molecule has 0 aliphatic heterocycles. The molecule has 0 fully saturated rings. The number of amides is 1. The predicted molar refractivity (Wildman–Crippen MR) is 90.1 cm³/mol. The molecule has 0 aromatic rings. The molecular weight excluding hydrogens is 324 g/mol. The van der Waals surface area contributed by atoms with Gasteiger partial charge in [0.1, 0.15) is 4.24 Å². The number of hydrogen-bond donors (Lipinski definition) is 2. The fourth-order valence-corrected chi connectivity index (χ4v) is 3.08. The van der Waals surface area contributed by atoms with Crippen LogP contribution in [0.25, 0.3) is 0 Å². The second kappa shape index (κ2) is 10.3. The Morgan fingerprint density at radius 2 is 1.95 bits per heavy atom. The fraction of sp³-hybridized carbons (Fsp3) is 0.462. The van der Waals surface area contributed by atoms with Gasteiger partial charge in [0.05, 0.1) is 10.7 Å². The van der Waals surface area contributed by atoms with Crippen molar-refractivity contribution in [2.45, 2.75) is 33.1 Å². The third-order valence-electron chi connectivity index (χ3n) is 2.42. The number of hydrogen-bond acceptors (Lipinski definition) is 6. The van der Waals surface area contributed by atoms with E-state index in [0.29, 0.717) is 12.8 Å². The zero-order chi connectivity index (χ0) is 17.2. The van der Waals surface area contributed by atoms with Gasteiger partial charge in [-0.05, 0) is 26.7 Å². The van der Waals surface area contributed by atoms with E-state index < -0.39 is 10.0 Å². The van der Waals surface area contributed by atoms with Crippen molar-refractivity contribution in [2.75, 3.05) is 7.05 Å². The molecular formula is C13H22N4O3S2. The summed E-state index contributed by atoms with van der Waals surface area (Å²) in [5.74, 6) is -0.244. The summed E-state index contributed by atoms with van der Waals surface area (Å²) in [5.41, 5.74) is 0.814. The van der Waals surface area contributed by atoms with Gasteiger partial charge in [-0.2, -0.15) is 10.2 Å². The monoisotopic (exact) mass is 346 g/mol. The van der Waals surface area contributed by atoms with Crippen LogP contribution in [0.1, 0.15) is 33.1 Å². The number of primary sulfonamides is 1. The Hall–Kier alpha value is -1.45. The molecule has 0 aliphatic rings. The van der Waals surface area contributed by atoms with Gasteiger partial charge in [0.15, 0.2) is 0 Å². The average molecular weight is 346 g/mol. The van der Waals surface area contributed by atoms with E-state index in [9.17, 15) is 13.2 Å². The molecule has 0 rings (SSSR count).